The highest BCUT2D eigenvalue weighted by atomic mass is 35.5. The molecular formula is C15H11ClF2N2O5S. The summed E-state index contributed by atoms with van der Waals surface area (Å²) in [6, 6.07) is 6.10. The van der Waals surface area contributed by atoms with Crippen LogP contribution < -0.4 is 10.5 Å². The first-order valence-electron chi connectivity index (χ1n) is 6.82. The van der Waals surface area contributed by atoms with Gasteiger partial charge in [0.2, 0.25) is 10.0 Å². The number of hydrogen-bond acceptors (Lipinski definition) is 5. The average molecular weight is 405 g/mol. The number of ether oxygens (including phenoxy) is 1. The third-order valence-electron chi connectivity index (χ3n) is 3.03. The Labute approximate surface area is 151 Å². The molecule has 0 bridgehead atoms. The summed E-state index contributed by atoms with van der Waals surface area (Å²) in [4.78, 5) is 23.4. The predicted octanol–water partition coefficient (Wildman–Crippen LogP) is 2.06. The largest absolute Gasteiger partial charge is 0.452 e. The summed E-state index contributed by atoms with van der Waals surface area (Å²) in [6.45, 7) is -0.731. The lowest BCUT2D eigenvalue weighted by molar-refractivity contribution is -0.119. The normalized spacial score (nSPS) is 11.1. The van der Waals surface area contributed by atoms with Gasteiger partial charge in [0.25, 0.3) is 5.91 Å². The van der Waals surface area contributed by atoms with Crippen LogP contribution in [-0.2, 0) is 19.6 Å². The van der Waals surface area contributed by atoms with Gasteiger partial charge in [-0.15, -0.1) is 0 Å². The van der Waals surface area contributed by atoms with E-state index < -0.39 is 45.7 Å². The monoisotopic (exact) mass is 404 g/mol. The van der Waals surface area contributed by atoms with E-state index in [4.69, 9.17) is 16.7 Å². The van der Waals surface area contributed by atoms with Crippen LogP contribution in [0, 0.1) is 11.6 Å². The maximum atomic E-state index is 13.1. The fourth-order valence-electron chi connectivity index (χ4n) is 1.81. The topological polar surface area (TPSA) is 116 Å². The molecular weight excluding hydrogens is 394 g/mol. The predicted molar refractivity (Wildman–Crippen MR) is 88.1 cm³/mol. The number of nitrogens with one attached hydrogen (secondary N) is 1. The molecule has 11 heteroatoms. The Balaban J connectivity index is 1.96. The zero-order valence-corrected chi connectivity index (χ0v) is 14.4. The molecule has 0 aromatic heterocycles. The molecule has 26 heavy (non-hydrogen) atoms. The molecule has 138 valence electrons. The van der Waals surface area contributed by atoms with E-state index in [1.165, 1.54) is 24.3 Å². The molecule has 0 aliphatic rings. The first kappa shape index (κ1) is 19.8. The highest BCUT2D eigenvalue weighted by molar-refractivity contribution is 7.89. The van der Waals surface area contributed by atoms with Gasteiger partial charge in [0.15, 0.2) is 18.2 Å². The lowest BCUT2D eigenvalue weighted by atomic mass is 10.2. The van der Waals surface area contributed by atoms with Crippen molar-refractivity contribution in [3.05, 3.63) is 58.6 Å². The van der Waals surface area contributed by atoms with E-state index in [0.29, 0.717) is 12.1 Å². The second kappa shape index (κ2) is 7.77. The number of amides is 1. The Morgan fingerprint density at radius 3 is 2.27 bits per heavy atom. The van der Waals surface area contributed by atoms with E-state index in [0.717, 1.165) is 0 Å². The van der Waals surface area contributed by atoms with Gasteiger partial charge in [-0.1, -0.05) is 11.6 Å². The fraction of sp³-hybridized carbons (Fsp3) is 0.0667. The van der Waals surface area contributed by atoms with Crippen molar-refractivity contribution in [3.8, 4) is 0 Å². The van der Waals surface area contributed by atoms with Crippen molar-refractivity contribution >= 4 is 39.2 Å². The number of benzene rings is 2. The van der Waals surface area contributed by atoms with Gasteiger partial charge >= 0.3 is 5.97 Å². The molecule has 0 spiro atoms. The summed E-state index contributed by atoms with van der Waals surface area (Å²) in [5.74, 6) is -4.39. The van der Waals surface area contributed by atoms with Crippen LogP contribution in [0.25, 0.3) is 0 Å². The van der Waals surface area contributed by atoms with Gasteiger partial charge in [-0.2, -0.15) is 0 Å². The third kappa shape index (κ3) is 4.97. The van der Waals surface area contributed by atoms with Crippen molar-refractivity contribution in [1.82, 2.24) is 0 Å². The quantitative estimate of drug-likeness (QED) is 0.584. The van der Waals surface area contributed by atoms with E-state index in [-0.39, 0.29) is 15.6 Å². The lowest BCUT2D eigenvalue weighted by Gasteiger charge is -2.08. The number of carbonyl (C=O) groups excluding carboxylic acids is 2. The van der Waals surface area contributed by atoms with Crippen LogP contribution in [0.4, 0.5) is 14.5 Å². The Morgan fingerprint density at radius 2 is 1.69 bits per heavy atom. The van der Waals surface area contributed by atoms with E-state index in [1.807, 2.05) is 0 Å². The van der Waals surface area contributed by atoms with Crippen LogP contribution in [0.2, 0.25) is 5.02 Å². The van der Waals surface area contributed by atoms with E-state index in [2.05, 4.69) is 10.1 Å². The van der Waals surface area contributed by atoms with Crippen molar-refractivity contribution in [2.45, 2.75) is 4.90 Å². The molecule has 2 aromatic carbocycles. The van der Waals surface area contributed by atoms with Gasteiger partial charge in [-0.05, 0) is 36.4 Å². The summed E-state index contributed by atoms with van der Waals surface area (Å²) in [7, 11) is -3.86. The Morgan fingerprint density at radius 1 is 1.12 bits per heavy atom. The number of primary sulfonamides is 1. The minimum atomic E-state index is -3.86. The smallest absolute Gasteiger partial charge is 0.340 e. The number of sulfonamides is 1. The number of rotatable bonds is 5. The van der Waals surface area contributed by atoms with Crippen molar-refractivity contribution in [2.75, 3.05) is 11.9 Å². The zero-order chi connectivity index (χ0) is 19.5. The Kier molecular flexibility index (Phi) is 5.90. The fourth-order valence-corrected chi connectivity index (χ4v) is 2.56. The average Bonchev–Trinajstić information content (AvgIpc) is 2.55. The highest BCUT2D eigenvalue weighted by Gasteiger charge is 2.17. The standard InChI is InChI=1S/C15H11ClF2N2O5S/c16-11-6-13(18)12(17)5-10(11)15(22)25-7-14(21)20-8-1-3-9(4-2-8)26(19,23)24/h1-6H,7H2,(H,20,21)(H2,19,23,24). The van der Waals surface area contributed by atoms with Gasteiger partial charge in [0.05, 0.1) is 15.5 Å². The van der Waals surface area contributed by atoms with Gasteiger partial charge < -0.3 is 10.1 Å². The molecule has 0 radical (unpaired) electrons. The molecule has 0 saturated heterocycles. The van der Waals surface area contributed by atoms with Gasteiger partial charge in [-0.3, -0.25) is 4.79 Å². The molecule has 0 atom stereocenters. The molecule has 0 aliphatic carbocycles. The SMILES string of the molecule is NS(=O)(=O)c1ccc(NC(=O)COC(=O)c2cc(F)c(F)cc2Cl)cc1. The summed E-state index contributed by atoms with van der Waals surface area (Å²) in [6.07, 6.45) is 0. The molecule has 3 N–H and O–H groups in total. The second-order valence-electron chi connectivity index (χ2n) is 4.94. The summed E-state index contributed by atoms with van der Waals surface area (Å²) in [5.41, 5.74) is -0.208. The first-order chi connectivity index (χ1) is 12.1. The maximum Gasteiger partial charge on any atom is 0.340 e. The summed E-state index contributed by atoms with van der Waals surface area (Å²) >= 11 is 5.63. The molecule has 0 heterocycles. The van der Waals surface area contributed by atoms with Gasteiger partial charge in [-0.25, -0.2) is 27.1 Å². The Hall–Kier alpha value is -2.56. The molecule has 0 aliphatic heterocycles. The minimum Gasteiger partial charge on any atom is -0.452 e. The van der Waals surface area contributed by atoms with Crippen molar-refractivity contribution < 1.29 is 31.5 Å². The van der Waals surface area contributed by atoms with E-state index >= 15 is 0 Å². The number of nitrogens with two attached hydrogens (primary N) is 1. The van der Waals surface area contributed by atoms with Crippen LogP contribution in [0.15, 0.2) is 41.3 Å². The Bertz CT molecular complexity index is 965. The maximum absolute atomic E-state index is 13.1. The number of anilines is 1. The van der Waals surface area contributed by atoms with Crippen LogP contribution in [0.5, 0.6) is 0 Å². The molecule has 1 amide bonds. The third-order valence-corrected chi connectivity index (χ3v) is 4.27. The van der Waals surface area contributed by atoms with Crippen molar-refractivity contribution in [1.29, 1.82) is 0 Å². The minimum absolute atomic E-state index is 0.144. The second-order valence-corrected chi connectivity index (χ2v) is 6.91. The number of halogens is 3. The molecule has 2 aromatic rings. The van der Waals surface area contributed by atoms with Crippen LogP contribution in [-0.4, -0.2) is 26.9 Å². The van der Waals surface area contributed by atoms with Crippen LogP contribution in [0.1, 0.15) is 10.4 Å². The first-order valence-corrected chi connectivity index (χ1v) is 8.75. The lowest BCUT2D eigenvalue weighted by Crippen LogP contribution is -2.21. The highest BCUT2D eigenvalue weighted by Crippen LogP contribution is 2.21. The molecule has 2 rings (SSSR count). The van der Waals surface area contributed by atoms with E-state index in [1.54, 1.807) is 0 Å². The number of esters is 1. The summed E-state index contributed by atoms with van der Waals surface area (Å²) < 4.78 is 53.0. The molecule has 0 saturated carbocycles. The molecule has 7 nitrogen and oxygen atoms in total. The summed E-state index contributed by atoms with van der Waals surface area (Å²) in [5, 5.41) is 6.92. The van der Waals surface area contributed by atoms with Crippen LogP contribution in [0.3, 0.4) is 0 Å². The zero-order valence-electron chi connectivity index (χ0n) is 12.8. The number of hydrogen-bond donors (Lipinski definition) is 2. The molecule has 0 fully saturated rings. The van der Waals surface area contributed by atoms with Crippen molar-refractivity contribution in [2.24, 2.45) is 5.14 Å². The van der Waals surface area contributed by atoms with Crippen LogP contribution >= 0.6 is 11.6 Å². The molecule has 0 unspecified atom stereocenters. The van der Waals surface area contributed by atoms with Crippen molar-refractivity contribution in [3.63, 3.8) is 0 Å². The van der Waals surface area contributed by atoms with E-state index in [9.17, 15) is 26.8 Å². The van der Waals surface area contributed by atoms with Gasteiger partial charge in [0.1, 0.15) is 0 Å². The van der Waals surface area contributed by atoms with Gasteiger partial charge in [0, 0.05) is 5.69 Å². The number of carbonyl (C=O) groups is 2.